The third kappa shape index (κ3) is 8.20. The van der Waals surface area contributed by atoms with Gasteiger partial charge in [0.05, 0.1) is 18.3 Å². The number of rotatable bonds is 16. The van der Waals surface area contributed by atoms with Crippen molar-refractivity contribution < 1.29 is 19.7 Å². The zero-order valence-corrected chi connectivity index (χ0v) is 20.2. The molecule has 0 aliphatic carbocycles. The molecule has 0 aromatic carbocycles. The van der Waals surface area contributed by atoms with Gasteiger partial charge in [-0.15, -0.1) is 0 Å². The van der Waals surface area contributed by atoms with Crippen LogP contribution < -0.4 is 0 Å². The molecule has 5 atom stereocenters. The lowest BCUT2D eigenvalue weighted by Gasteiger charge is -2.30. The zero-order chi connectivity index (χ0) is 22.0. The second-order valence-corrected chi connectivity index (χ2v) is 11.1. The van der Waals surface area contributed by atoms with Gasteiger partial charge in [-0.3, -0.25) is 4.79 Å². The van der Waals surface area contributed by atoms with E-state index >= 15 is 0 Å². The highest BCUT2D eigenvalue weighted by Gasteiger charge is 2.47. The van der Waals surface area contributed by atoms with E-state index in [9.17, 15) is 9.90 Å². The van der Waals surface area contributed by atoms with Crippen LogP contribution in [0.1, 0.15) is 91.4 Å². The van der Waals surface area contributed by atoms with Crippen molar-refractivity contribution in [2.24, 2.45) is 17.3 Å². The number of hydrogen-bond acceptors (Lipinski definition) is 4. The highest BCUT2D eigenvalue weighted by molar-refractivity contribution is 7.99. The average molecular weight is 441 g/mol. The summed E-state index contributed by atoms with van der Waals surface area (Å²) in [6.45, 7) is 6.54. The minimum Gasteiger partial charge on any atom is -0.481 e. The van der Waals surface area contributed by atoms with Gasteiger partial charge in [-0.05, 0) is 49.0 Å². The monoisotopic (exact) mass is 440 g/mol. The van der Waals surface area contributed by atoms with Gasteiger partial charge in [0.2, 0.25) is 0 Å². The molecule has 2 heterocycles. The summed E-state index contributed by atoms with van der Waals surface area (Å²) in [6, 6.07) is 0. The van der Waals surface area contributed by atoms with Crippen LogP contribution in [0.2, 0.25) is 0 Å². The second-order valence-electron chi connectivity index (χ2n) is 9.94. The molecule has 5 heteroatoms. The Morgan fingerprint density at radius 2 is 1.83 bits per heavy atom. The highest BCUT2D eigenvalue weighted by Crippen LogP contribution is 2.45. The molecule has 2 N–H and O–H groups in total. The van der Waals surface area contributed by atoms with Crippen molar-refractivity contribution >= 4 is 17.7 Å². The fourth-order valence-corrected chi connectivity index (χ4v) is 6.08. The van der Waals surface area contributed by atoms with Gasteiger partial charge in [-0.25, -0.2) is 0 Å². The van der Waals surface area contributed by atoms with E-state index in [4.69, 9.17) is 9.84 Å². The van der Waals surface area contributed by atoms with Gasteiger partial charge in [-0.1, -0.05) is 65.0 Å². The Labute approximate surface area is 188 Å². The Morgan fingerprint density at radius 1 is 1.13 bits per heavy atom. The Morgan fingerprint density at radius 3 is 2.57 bits per heavy atom. The van der Waals surface area contributed by atoms with E-state index in [2.05, 4.69) is 32.9 Å². The number of carboxylic acids is 1. The number of hydrogen-bond donors (Lipinski definition) is 2. The summed E-state index contributed by atoms with van der Waals surface area (Å²) in [6.07, 6.45) is 16.1. The van der Waals surface area contributed by atoms with Crippen LogP contribution in [0.25, 0.3) is 0 Å². The van der Waals surface area contributed by atoms with E-state index in [-0.39, 0.29) is 5.41 Å². The van der Waals surface area contributed by atoms with Gasteiger partial charge in [0.25, 0.3) is 0 Å². The van der Waals surface area contributed by atoms with Gasteiger partial charge >= 0.3 is 5.97 Å². The minimum absolute atomic E-state index is 0.0697. The molecule has 2 bridgehead atoms. The van der Waals surface area contributed by atoms with Crippen LogP contribution in [0.5, 0.6) is 0 Å². The first kappa shape index (κ1) is 25.7. The molecule has 0 aromatic rings. The maximum atomic E-state index is 10.7. The quantitative estimate of drug-likeness (QED) is 0.225. The van der Waals surface area contributed by atoms with Crippen molar-refractivity contribution in [2.45, 2.75) is 110 Å². The largest absolute Gasteiger partial charge is 0.481 e. The molecule has 30 heavy (non-hydrogen) atoms. The van der Waals surface area contributed by atoms with E-state index in [1.54, 1.807) is 0 Å². The van der Waals surface area contributed by atoms with E-state index in [1.807, 2.05) is 11.8 Å². The highest BCUT2D eigenvalue weighted by atomic mass is 32.2. The van der Waals surface area contributed by atoms with Gasteiger partial charge in [0.1, 0.15) is 0 Å². The molecule has 2 fully saturated rings. The van der Waals surface area contributed by atoms with Crippen LogP contribution in [-0.4, -0.2) is 46.0 Å². The summed E-state index contributed by atoms with van der Waals surface area (Å²) in [5.41, 5.74) is -0.0697. The van der Waals surface area contributed by atoms with Gasteiger partial charge < -0.3 is 14.9 Å². The van der Waals surface area contributed by atoms with Crippen molar-refractivity contribution in [3.63, 3.8) is 0 Å². The molecule has 174 valence electrons. The number of ether oxygens (including phenoxy) is 1. The Balaban J connectivity index is 1.70. The predicted molar refractivity (Wildman–Crippen MR) is 126 cm³/mol. The Bertz CT molecular complexity index is 533. The summed E-state index contributed by atoms with van der Waals surface area (Å²) in [4.78, 5) is 10.5. The maximum absolute atomic E-state index is 10.7. The molecule has 2 aliphatic rings. The zero-order valence-electron chi connectivity index (χ0n) is 19.4. The number of fused-ring (bicyclic) bond motifs is 2. The lowest BCUT2D eigenvalue weighted by Crippen LogP contribution is -2.30. The van der Waals surface area contributed by atoms with Crippen molar-refractivity contribution in [3.8, 4) is 0 Å². The van der Waals surface area contributed by atoms with Crippen LogP contribution in [0.3, 0.4) is 0 Å². The Hall–Kier alpha value is -0.520. The first-order valence-corrected chi connectivity index (χ1v) is 13.3. The van der Waals surface area contributed by atoms with Crippen LogP contribution in [-0.2, 0) is 9.53 Å². The van der Waals surface area contributed by atoms with Crippen molar-refractivity contribution in [1.29, 1.82) is 0 Å². The van der Waals surface area contributed by atoms with Crippen LogP contribution in [0, 0.1) is 17.3 Å². The number of carboxylic acid groups (broad SMARTS) is 1. The summed E-state index contributed by atoms with van der Waals surface area (Å²) < 4.78 is 6.23. The molecule has 2 rings (SSSR count). The number of thioether (sulfide) groups is 1. The first-order valence-electron chi connectivity index (χ1n) is 12.2. The van der Waals surface area contributed by atoms with Gasteiger partial charge in [0, 0.05) is 18.3 Å². The fourth-order valence-electron chi connectivity index (χ4n) is 4.80. The predicted octanol–water partition coefficient (Wildman–Crippen LogP) is 6.07. The molecule has 0 aromatic heterocycles. The molecule has 0 radical (unpaired) electrons. The molecule has 0 spiro atoms. The standard InChI is InChI=1S/C25H44O4S/c1-4-5-16-25(2,3)23(26)15-12-19-20(22-14-13-21(19)29-22)18-30-17-10-8-6-7-9-11-24(27)28/h12,15,19-23,26H,4-11,13-14,16-18H2,1-3H3,(H,27,28)/t19-,20+,21-,22+,23?/m0/s1. The van der Waals surface area contributed by atoms with Crippen LogP contribution in [0.4, 0.5) is 0 Å². The number of aliphatic hydroxyl groups excluding tert-OH is 1. The first-order chi connectivity index (χ1) is 14.3. The summed E-state index contributed by atoms with van der Waals surface area (Å²) in [7, 11) is 0. The van der Waals surface area contributed by atoms with Crippen LogP contribution >= 0.6 is 11.8 Å². The Kier molecular flexibility index (Phi) is 11.3. The maximum Gasteiger partial charge on any atom is 0.303 e. The molecule has 2 aliphatic heterocycles. The fraction of sp³-hybridized carbons (Fsp3) is 0.880. The molecular weight excluding hydrogens is 396 g/mol. The lowest BCUT2D eigenvalue weighted by molar-refractivity contribution is -0.137. The van der Waals surface area contributed by atoms with Gasteiger partial charge in [-0.2, -0.15) is 11.8 Å². The van der Waals surface area contributed by atoms with E-state index < -0.39 is 12.1 Å². The third-order valence-electron chi connectivity index (χ3n) is 6.97. The molecular formula is C25H44O4S. The summed E-state index contributed by atoms with van der Waals surface area (Å²) in [5.74, 6) is 2.66. The molecule has 0 saturated carbocycles. The van der Waals surface area contributed by atoms with E-state index in [0.717, 1.165) is 44.3 Å². The normalized spacial score (nSPS) is 27.2. The van der Waals surface area contributed by atoms with E-state index in [1.165, 1.54) is 31.4 Å². The average Bonchev–Trinajstić information content (AvgIpc) is 3.30. The minimum atomic E-state index is -0.681. The number of unbranched alkanes of at least 4 members (excludes halogenated alkanes) is 5. The smallest absolute Gasteiger partial charge is 0.303 e. The van der Waals surface area contributed by atoms with Crippen molar-refractivity contribution in [3.05, 3.63) is 12.2 Å². The number of aliphatic carboxylic acids is 1. The molecule has 0 amide bonds. The summed E-state index contributed by atoms with van der Waals surface area (Å²) in [5, 5.41) is 19.4. The lowest BCUT2D eigenvalue weighted by atomic mass is 9.78. The molecule has 4 nitrogen and oxygen atoms in total. The molecule has 2 saturated heterocycles. The number of carbonyl (C=O) groups is 1. The topological polar surface area (TPSA) is 66.8 Å². The molecule has 1 unspecified atom stereocenters. The van der Waals surface area contributed by atoms with Gasteiger partial charge in [0.15, 0.2) is 0 Å². The van der Waals surface area contributed by atoms with Crippen molar-refractivity contribution in [2.75, 3.05) is 11.5 Å². The van der Waals surface area contributed by atoms with E-state index in [0.29, 0.717) is 30.5 Å². The van der Waals surface area contributed by atoms with Crippen LogP contribution in [0.15, 0.2) is 12.2 Å². The SMILES string of the molecule is CCCCC(C)(C)C(O)C=C[C@H]1[C@@H](CSCCCCCCCC(=O)O)[C@H]2CC[C@@H]1O2. The third-order valence-corrected chi connectivity index (χ3v) is 8.17. The number of aliphatic hydroxyl groups is 1. The summed E-state index contributed by atoms with van der Waals surface area (Å²) >= 11 is 2.04. The van der Waals surface area contributed by atoms with Crippen molar-refractivity contribution in [1.82, 2.24) is 0 Å². The second kappa shape index (κ2) is 13.1.